The topological polar surface area (TPSA) is 66.9 Å². The zero-order valence-electron chi connectivity index (χ0n) is 15.2. The quantitative estimate of drug-likeness (QED) is 0.672. The van der Waals surface area contributed by atoms with Gasteiger partial charge in [-0.15, -0.1) is 11.3 Å². The second kappa shape index (κ2) is 7.66. The third kappa shape index (κ3) is 3.45. The highest BCUT2D eigenvalue weighted by atomic mass is 32.2. The van der Waals surface area contributed by atoms with Crippen molar-refractivity contribution in [2.24, 2.45) is 5.92 Å². The number of pyridine rings is 1. The molecule has 2 bridgehead atoms. The second-order valence-electron chi connectivity index (χ2n) is 7.17. The number of hydrogen-bond acceptors (Lipinski definition) is 6. The van der Waals surface area contributed by atoms with Crippen LogP contribution < -0.4 is 10.6 Å². The number of fused-ring (bicyclic) bond motifs is 2. The summed E-state index contributed by atoms with van der Waals surface area (Å²) in [6.45, 7) is 1.01. The summed E-state index contributed by atoms with van der Waals surface area (Å²) >= 11 is 3.12. The normalized spacial score (nSPS) is 23.1. The van der Waals surface area contributed by atoms with E-state index < -0.39 is 0 Å². The summed E-state index contributed by atoms with van der Waals surface area (Å²) in [5.41, 5.74) is 1.01. The molecule has 28 heavy (non-hydrogen) atoms. The van der Waals surface area contributed by atoms with Crippen molar-refractivity contribution in [3.05, 3.63) is 60.0 Å². The number of nitrogens with one attached hydrogen (secondary N) is 2. The van der Waals surface area contributed by atoms with Crippen molar-refractivity contribution in [2.75, 3.05) is 6.54 Å². The largest absolute Gasteiger partial charge is 0.345 e. The SMILES string of the molecule is O=C(N[C@@H]1C2CCC1NC2)c1ncc(-c2cnccc2Sc2ccccc2)s1. The van der Waals surface area contributed by atoms with Crippen molar-refractivity contribution in [3.63, 3.8) is 0 Å². The number of rotatable bonds is 5. The molecule has 2 aromatic heterocycles. The number of benzene rings is 1. The molecule has 1 aliphatic carbocycles. The van der Waals surface area contributed by atoms with Gasteiger partial charge in [0.25, 0.3) is 5.91 Å². The third-order valence-corrected chi connectivity index (χ3v) is 7.56. The van der Waals surface area contributed by atoms with Gasteiger partial charge >= 0.3 is 0 Å². The zero-order chi connectivity index (χ0) is 18.9. The van der Waals surface area contributed by atoms with Crippen LogP contribution in [-0.4, -0.2) is 34.5 Å². The molecule has 5 rings (SSSR count). The highest BCUT2D eigenvalue weighted by Crippen LogP contribution is 2.37. The summed E-state index contributed by atoms with van der Waals surface area (Å²) in [7, 11) is 0. The maximum absolute atomic E-state index is 12.7. The number of amides is 1. The maximum atomic E-state index is 12.7. The van der Waals surface area contributed by atoms with Crippen molar-refractivity contribution in [2.45, 2.75) is 34.7 Å². The van der Waals surface area contributed by atoms with E-state index in [2.05, 4.69) is 32.7 Å². The molecule has 2 unspecified atom stereocenters. The van der Waals surface area contributed by atoms with Crippen LogP contribution in [0.5, 0.6) is 0 Å². The van der Waals surface area contributed by atoms with Crippen molar-refractivity contribution in [1.29, 1.82) is 0 Å². The summed E-state index contributed by atoms with van der Waals surface area (Å²) in [5.74, 6) is 0.489. The van der Waals surface area contributed by atoms with E-state index in [0.717, 1.165) is 28.3 Å². The first-order valence-electron chi connectivity index (χ1n) is 9.45. The van der Waals surface area contributed by atoms with Crippen LogP contribution in [0.15, 0.2) is 64.8 Å². The molecule has 1 aromatic carbocycles. The second-order valence-corrected chi connectivity index (χ2v) is 9.31. The number of nitrogens with zero attached hydrogens (tertiary/aromatic N) is 2. The van der Waals surface area contributed by atoms with Crippen LogP contribution >= 0.6 is 23.1 Å². The molecule has 2 N–H and O–H groups in total. The number of carbonyl (C=O) groups is 1. The van der Waals surface area contributed by atoms with Crippen LogP contribution in [0.2, 0.25) is 0 Å². The fourth-order valence-corrected chi connectivity index (χ4v) is 5.91. The van der Waals surface area contributed by atoms with E-state index in [1.165, 1.54) is 22.7 Å². The molecule has 3 aromatic rings. The lowest BCUT2D eigenvalue weighted by Gasteiger charge is -2.15. The summed E-state index contributed by atoms with van der Waals surface area (Å²) < 4.78 is 0. The van der Waals surface area contributed by atoms with E-state index >= 15 is 0 Å². The molecular weight excluding hydrogens is 388 g/mol. The molecule has 1 aliphatic heterocycles. The molecule has 5 nitrogen and oxygen atoms in total. The van der Waals surface area contributed by atoms with E-state index in [0.29, 0.717) is 17.0 Å². The number of piperidine rings is 1. The van der Waals surface area contributed by atoms with E-state index in [1.807, 2.05) is 30.5 Å². The van der Waals surface area contributed by atoms with E-state index in [-0.39, 0.29) is 11.9 Å². The molecule has 3 atom stereocenters. The fourth-order valence-electron chi connectivity index (χ4n) is 4.05. The van der Waals surface area contributed by atoms with Gasteiger partial charge in [-0.25, -0.2) is 4.98 Å². The molecule has 7 heteroatoms. The molecule has 2 fully saturated rings. The van der Waals surface area contributed by atoms with Crippen molar-refractivity contribution < 1.29 is 4.79 Å². The average molecular weight is 409 g/mol. The molecule has 0 spiro atoms. The Morgan fingerprint density at radius 1 is 1.18 bits per heavy atom. The Kier molecular flexibility index (Phi) is 4.88. The lowest BCUT2D eigenvalue weighted by atomic mass is 10.1. The van der Waals surface area contributed by atoms with Crippen molar-refractivity contribution in [1.82, 2.24) is 20.6 Å². The lowest BCUT2D eigenvalue weighted by molar-refractivity contribution is 0.0931. The summed E-state index contributed by atoms with van der Waals surface area (Å²) in [5, 5.41) is 7.20. The van der Waals surface area contributed by atoms with Gasteiger partial charge in [-0.05, 0) is 37.0 Å². The minimum Gasteiger partial charge on any atom is -0.345 e. The summed E-state index contributed by atoms with van der Waals surface area (Å²) in [6, 6.07) is 12.9. The molecule has 0 radical (unpaired) electrons. The lowest BCUT2D eigenvalue weighted by Crippen LogP contribution is -2.42. The van der Waals surface area contributed by atoms with Gasteiger partial charge < -0.3 is 10.6 Å². The Balaban J connectivity index is 1.35. The van der Waals surface area contributed by atoms with E-state index in [4.69, 9.17) is 0 Å². The number of carbonyl (C=O) groups excluding carboxylic acids is 1. The van der Waals surface area contributed by atoms with Crippen LogP contribution in [0, 0.1) is 5.92 Å². The minimum absolute atomic E-state index is 0.0667. The first kappa shape index (κ1) is 17.8. The van der Waals surface area contributed by atoms with Crippen LogP contribution in [0.4, 0.5) is 0 Å². The summed E-state index contributed by atoms with van der Waals surface area (Å²) in [4.78, 5) is 24.7. The smallest absolute Gasteiger partial charge is 0.280 e. The molecule has 1 amide bonds. The minimum atomic E-state index is -0.0667. The van der Waals surface area contributed by atoms with Gasteiger partial charge in [0.2, 0.25) is 0 Å². The Morgan fingerprint density at radius 3 is 2.82 bits per heavy atom. The van der Waals surface area contributed by atoms with Crippen molar-refractivity contribution in [3.8, 4) is 10.4 Å². The molecule has 3 heterocycles. The number of thiazole rings is 1. The number of hydrogen-bond donors (Lipinski definition) is 2. The first-order chi connectivity index (χ1) is 13.8. The van der Waals surface area contributed by atoms with Crippen molar-refractivity contribution >= 4 is 29.0 Å². The van der Waals surface area contributed by atoms with Gasteiger partial charge in [0, 0.05) is 52.6 Å². The van der Waals surface area contributed by atoms with Gasteiger partial charge in [0.15, 0.2) is 5.01 Å². The number of aromatic nitrogens is 2. The zero-order valence-corrected chi connectivity index (χ0v) is 16.8. The molecule has 142 valence electrons. The van der Waals surface area contributed by atoms with Crippen LogP contribution in [0.3, 0.4) is 0 Å². The molecule has 1 saturated carbocycles. The van der Waals surface area contributed by atoms with Crippen LogP contribution in [0.25, 0.3) is 10.4 Å². The average Bonchev–Trinajstić information content (AvgIpc) is 3.46. The fraction of sp³-hybridized carbons (Fsp3) is 0.286. The van der Waals surface area contributed by atoms with Gasteiger partial charge in [0.1, 0.15) is 0 Å². The predicted octanol–water partition coefficient (Wildman–Crippen LogP) is 3.84. The Labute approximate surface area is 172 Å². The first-order valence-corrected chi connectivity index (χ1v) is 11.1. The Hall–Kier alpha value is -2.22. The molecule has 1 saturated heterocycles. The van der Waals surface area contributed by atoms with Crippen LogP contribution in [0.1, 0.15) is 22.6 Å². The van der Waals surface area contributed by atoms with Gasteiger partial charge in [-0.3, -0.25) is 9.78 Å². The van der Waals surface area contributed by atoms with Gasteiger partial charge in [-0.2, -0.15) is 0 Å². The highest BCUT2D eigenvalue weighted by Gasteiger charge is 2.42. The molecule has 2 aliphatic rings. The predicted molar refractivity (Wildman–Crippen MR) is 112 cm³/mol. The van der Waals surface area contributed by atoms with Crippen LogP contribution in [-0.2, 0) is 0 Å². The Morgan fingerprint density at radius 2 is 2.07 bits per heavy atom. The maximum Gasteiger partial charge on any atom is 0.280 e. The van der Waals surface area contributed by atoms with E-state index in [9.17, 15) is 4.79 Å². The van der Waals surface area contributed by atoms with E-state index in [1.54, 1.807) is 24.2 Å². The Bertz CT molecular complexity index is 971. The van der Waals surface area contributed by atoms with Gasteiger partial charge in [-0.1, -0.05) is 30.0 Å². The standard InChI is InChI=1S/C21H20N4OS2/c26-20(25-19-13-6-7-16(19)23-10-13)21-24-12-18(28-21)15-11-22-9-8-17(15)27-14-4-2-1-3-5-14/h1-5,8-9,11-13,16,19,23H,6-7,10H2,(H,25,26)/t13?,16?,19-/m1/s1. The van der Waals surface area contributed by atoms with Gasteiger partial charge in [0.05, 0.1) is 4.88 Å². The third-order valence-electron chi connectivity index (χ3n) is 5.45. The highest BCUT2D eigenvalue weighted by molar-refractivity contribution is 7.99. The summed E-state index contributed by atoms with van der Waals surface area (Å²) in [6.07, 6.45) is 7.77. The molecular formula is C21H20N4OS2. The monoisotopic (exact) mass is 408 g/mol.